The summed E-state index contributed by atoms with van der Waals surface area (Å²) in [5.74, 6) is 0.888. The Labute approximate surface area is 195 Å². The largest absolute Gasteiger partial charge is 0.450 e. The standard InChI is InChI=1S/C21H30N6O2.HI/c1-3-23-20(26-11-13-27(14-12-26)21(28)29-4-2)24-15-18-5-7-19(8-6-18)16-25-10-9-22-17-25;/h5-10,17H,3-4,11-16H2,1-2H3,(H,23,24);1H. The summed E-state index contributed by atoms with van der Waals surface area (Å²) in [5.41, 5.74) is 2.40. The molecule has 0 aliphatic carbocycles. The molecule has 0 radical (unpaired) electrons. The lowest BCUT2D eigenvalue weighted by Gasteiger charge is -2.35. The van der Waals surface area contributed by atoms with Crippen LogP contribution in [-0.2, 0) is 17.8 Å². The average Bonchev–Trinajstić information content (AvgIpc) is 3.25. The molecule has 0 bridgehead atoms. The molecule has 2 aromatic rings. The highest BCUT2D eigenvalue weighted by Crippen LogP contribution is 2.09. The number of guanidine groups is 1. The Kier molecular flexibility index (Phi) is 9.92. The summed E-state index contributed by atoms with van der Waals surface area (Å²) in [4.78, 5) is 24.7. The number of ether oxygens (including phenoxy) is 1. The van der Waals surface area contributed by atoms with E-state index in [-0.39, 0.29) is 30.1 Å². The van der Waals surface area contributed by atoms with Crippen LogP contribution in [0.15, 0.2) is 48.0 Å². The van der Waals surface area contributed by atoms with Gasteiger partial charge in [-0.3, -0.25) is 0 Å². The summed E-state index contributed by atoms with van der Waals surface area (Å²) in [6.07, 6.45) is 5.34. The molecule has 1 aliphatic rings. The van der Waals surface area contributed by atoms with E-state index in [0.717, 1.165) is 32.1 Å². The van der Waals surface area contributed by atoms with Gasteiger partial charge >= 0.3 is 6.09 Å². The number of hydrogen-bond acceptors (Lipinski definition) is 4. The van der Waals surface area contributed by atoms with Gasteiger partial charge in [0.25, 0.3) is 0 Å². The number of halogens is 1. The highest BCUT2D eigenvalue weighted by molar-refractivity contribution is 14.0. The minimum atomic E-state index is -0.232. The van der Waals surface area contributed by atoms with E-state index in [4.69, 9.17) is 9.73 Å². The number of hydrogen-bond donors (Lipinski definition) is 1. The van der Waals surface area contributed by atoms with Crippen LogP contribution in [-0.4, -0.2) is 70.7 Å². The van der Waals surface area contributed by atoms with Crippen LogP contribution in [0, 0.1) is 0 Å². The normalized spacial score (nSPS) is 14.3. The number of aliphatic imine (C=N–C) groups is 1. The predicted octanol–water partition coefficient (Wildman–Crippen LogP) is 2.79. The van der Waals surface area contributed by atoms with E-state index >= 15 is 0 Å². The van der Waals surface area contributed by atoms with E-state index in [9.17, 15) is 4.79 Å². The molecule has 1 saturated heterocycles. The molecular weight excluding hydrogens is 495 g/mol. The minimum Gasteiger partial charge on any atom is -0.450 e. The summed E-state index contributed by atoms with van der Waals surface area (Å²) in [7, 11) is 0. The summed E-state index contributed by atoms with van der Waals surface area (Å²) in [6, 6.07) is 8.52. The van der Waals surface area contributed by atoms with E-state index in [1.54, 1.807) is 11.1 Å². The molecule has 1 aromatic carbocycles. The lowest BCUT2D eigenvalue weighted by Crippen LogP contribution is -2.53. The molecule has 164 valence electrons. The molecule has 1 aliphatic heterocycles. The van der Waals surface area contributed by atoms with Crippen LogP contribution in [0.1, 0.15) is 25.0 Å². The number of rotatable bonds is 6. The van der Waals surface area contributed by atoms with Crippen LogP contribution in [0.3, 0.4) is 0 Å². The third-order valence-corrected chi connectivity index (χ3v) is 4.80. The van der Waals surface area contributed by atoms with Crippen molar-refractivity contribution in [2.45, 2.75) is 26.9 Å². The first-order valence-corrected chi connectivity index (χ1v) is 10.2. The van der Waals surface area contributed by atoms with Gasteiger partial charge in [0.05, 0.1) is 19.5 Å². The van der Waals surface area contributed by atoms with Crippen molar-refractivity contribution in [3.8, 4) is 0 Å². The average molecular weight is 526 g/mol. The van der Waals surface area contributed by atoms with Gasteiger partial charge < -0.3 is 24.4 Å². The van der Waals surface area contributed by atoms with Gasteiger partial charge in [0.1, 0.15) is 0 Å². The van der Waals surface area contributed by atoms with Crippen LogP contribution in [0.25, 0.3) is 0 Å². The molecule has 1 N–H and O–H groups in total. The number of piperazine rings is 1. The first-order chi connectivity index (χ1) is 14.2. The molecule has 0 atom stereocenters. The van der Waals surface area contributed by atoms with Gasteiger partial charge in [-0.25, -0.2) is 14.8 Å². The summed E-state index contributed by atoms with van der Waals surface area (Å²) < 4.78 is 7.14. The Balaban J connectivity index is 0.00000320. The molecule has 2 heterocycles. The van der Waals surface area contributed by atoms with Crippen molar-refractivity contribution in [1.82, 2.24) is 24.7 Å². The lowest BCUT2D eigenvalue weighted by atomic mass is 10.1. The molecule has 30 heavy (non-hydrogen) atoms. The Hall–Kier alpha value is -2.30. The monoisotopic (exact) mass is 526 g/mol. The third kappa shape index (κ3) is 6.89. The molecule has 0 unspecified atom stereocenters. The van der Waals surface area contributed by atoms with E-state index < -0.39 is 0 Å². The molecule has 1 amide bonds. The minimum absolute atomic E-state index is 0. The smallest absolute Gasteiger partial charge is 0.409 e. The van der Waals surface area contributed by atoms with Crippen LogP contribution in [0.2, 0.25) is 0 Å². The van der Waals surface area contributed by atoms with E-state index in [0.29, 0.717) is 26.2 Å². The maximum atomic E-state index is 11.9. The van der Waals surface area contributed by atoms with Gasteiger partial charge in [0.15, 0.2) is 5.96 Å². The topological polar surface area (TPSA) is 75.0 Å². The molecule has 0 spiro atoms. The molecular formula is C21H31IN6O2. The maximum Gasteiger partial charge on any atom is 0.409 e. The van der Waals surface area contributed by atoms with Gasteiger partial charge in [-0.15, -0.1) is 24.0 Å². The fraction of sp³-hybridized carbons (Fsp3) is 0.476. The van der Waals surface area contributed by atoms with Crippen molar-refractivity contribution < 1.29 is 9.53 Å². The van der Waals surface area contributed by atoms with Crippen LogP contribution < -0.4 is 5.32 Å². The fourth-order valence-corrected chi connectivity index (χ4v) is 3.25. The van der Waals surface area contributed by atoms with Crippen molar-refractivity contribution in [2.24, 2.45) is 4.99 Å². The number of amides is 1. The third-order valence-electron chi connectivity index (χ3n) is 4.80. The number of carbonyl (C=O) groups excluding carboxylic acids is 1. The first kappa shape index (κ1) is 24.0. The Morgan fingerprint density at radius 3 is 2.37 bits per heavy atom. The zero-order valence-corrected chi connectivity index (χ0v) is 20.0. The number of nitrogens with zero attached hydrogens (tertiary/aromatic N) is 5. The second kappa shape index (κ2) is 12.4. The van der Waals surface area contributed by atoms with Crippen molar-refractivity contribution in [3.05, 3.63) is 54.1 Å². The van der Waals surface area contributed by atoms with Crippen LogP contribution in [0.5, 0.6) is 0 Å². The quantitative estimate of drug-likeness (QED) is 0.356. The highest BCUT2D eigenvalue weighted by Gasteiger charge is 2.23. The van der Waals surface area contributed by atoms with E-state index in [1.807, 2.05) is 24.0 Å². The molecule has 0 saturated carbocycles. The number of nitrogens with one attached hydrogen (secondary N) is 1. The van der Waals surface area contributed by atoms with Gasteiger partial charge in [0, 0.05) is 51.7 Å². The molecule has 8 nitrogen and oxygen atoms in total. The summed E-state index contributed by atoms with van der Waals surface area (Å²) >= 11 is 0. The molecule has 1 aromatic heterocycles. The molecule has 1 fully saturated rings. The second-order valence-corrected chi connectivity index (χ2v) is 6.89. The van der Waals surface area contributed by atoms with Gasteiger partial charge in [0.2, 0.25) is 0 Å². The Morgan fingerprint density at radius 2 is 1.77 bits per heavy atom. The Bertz CT molecular complexity index is 786. The van der Waals surface area contributed by atoms with Crippen LogP contribution in [0.4, 0.5) is 4.79 Å². The highest BCUT2D eigenvalue weighted by atomic mass is 127. The van der Waals surface area contributed by atoms with Crippen molar-refractivity contribution in [2.75, 3.05) is 39.3 Å². The fourth-order valence-electron chi connectivity index (χ4n) is 3.25. The first-order valence-electron chi connectivity index (χ1n) is 10.2. The summed E-state index contributed by atoms with van der Waals surface area (Å²) in [6.45, 7) is 9.32. The molecule has 9 heteroatoms. The van der Waals surface area contributed by atoms with Crippen LogP contribution >= 0.6 is 24.0 Å². The number of carbonyl (C=O) groups is 1. The number of imidazole rings is 1. The zero-order chi connectivity index (χ0) is 20.5. The van der Waals surface area contributed by atoms with Crippen molar-refractivity contribution in [1.29, 1.82) is 0 Å². The van der Waals surface area contributed by atoms with E-state index in [1.165, 1.54) is 11.1 Å². The Morgan fingerprint density at radius 1 is 1.10 bits per heavy atom. The maximum absolute atomic E-state index is 11.9. The number of benzene rings is 1. The number of aromatic nitrogens is 2. The predicted molar refractivity (Wildman–Crippen MR) is 128 cm³/mol. The SMILES string of the molecule is CCNC(=NCc1ccc(Cn2ccnc2)cc1)N1CCN(C(=O)OCC)CC1.I. The van der Waals surface area contributed by atoms with Gasteiger partial charge in [-0.2, -0.15) is 0 Å². The van der Waals surface area contributed by atoms with E-state index in [2.05, 4.69) is 46.4 Å². The van der Waals surface area contributed by atoms with Crippen molar-refractivity contribution in [3.63, 3.8) is 0 Å². The lowest BCUT2D eigenvalue weighted by molar-refractivity contribution is 0.0914. The van der Waals surface area contributed by atoms with Gasteiger partial charge in [-0.1, -0.05) is 24.3 Å². The van der Waals surface area contributed by atoms with Gasteiger partial charge in [-0.05, 0) is 25.0 Å². The molecule has 3 rings (SSSR count). The summed E-state index contributed by atoms with van der Waals surface area (Å²) in [5, 5.41) is 3.36. The zero-order valence-electron chi connectivity index (χ0n) is 17.7. The second-order valence-electron chi connectivity index (χ2n) is 6.89. The van der Waals surface area contributed by atoms with Crippen molar-refractivity contribution >= 4 is 36.0 Å².